The van der Waals surface area contributed by atoms with Gasteiger partial charge in [-0.05, 0) is 36.8 Å². The van der Waals surface area contributed by atoms with Gasteiger partial charge in [0.25, 0.3) is 5.91 Å². The number of carbonyl (C=O) groups is 1. The first-order valence-corrected chi connectivity index (χ1v) is 6.46. The molecule has 0 radical (unpaired) electrons. The van der Waals surface area contributed by atoms with E-state index in [1.54, 1.807) is 30.6 Å². The molecule has 1 heterocycles. The number of hydrogen-bond donors (Lipinski definition) is 3. The molecular weight excluding hydrogens is 276 g/mol. The average Bonchev–Trinajstić information content (AvgIpc) is 2.48. The Morgan fingerprint density at radius 1 is 1.40 bits per heavy atom. The summed E-state index contributed by atoms with van der Waals surface area (Å²) in [5, 5.41) is 3.36. The van der Waals surface area contributed by atoms with Crippen molar-refractivity contribution in [1.29, 1.82) is 0 Å². The predicted octanol–water partition coefficient (Wildman–Crippen LogP) is 2.51. The van der Waals surface area contributed by atoms with Gasteiger partial charge in [-0.1, -0.05) is 17.7 Å². The van der Waals surface area contributed by atoms with E-state index in [9.17, 15) is 4.79 Å². The van der Waals surface area contributed by atoms with Crippen LogP contribution in [0.4, 0.5) is 5.69 Å². The number of rotatable bonds is 4. The second-order valence-electron chi connectivity index (χ2n) is 4.32. The van der Waals surface area contributed by atoms with Crippen LogP contribution in [-0.4, -0.2) is 10.9 Å². The van der Waals surface area contributed by atoms with E-state index < -0.39 is 0 Å². The molecule has 20 heavy (non-hydrogen) atoms. The highest BCUT2D eigenvalue weighted by molar-refractivity contribution is 6.31. The topological polar surface area (TPSA) is 80.0 Å². The molecule has 0 saturated heterocycles. The van der Waals surface area contributed by atoms with E-state index in [0.717, 1.165) is 5.56 Å². The third-order valence-corrected chi connectivity index (χ3v) is 3.15. The summed E-state index contributed by atoms with van der Waals surface area (Å²) >= 11 is 5.91. The highest BCUT2D eigenvalue weighted by atomic mass is 35.5. The molecule has 104 valence electrons. The predicted molar refractivity (Wildman–Crippen MR) is 79.4 cm³/mol. The zero-order valence-corrected chi connectivity index (χ0v) is 11.7. The standard InChI is InChI=1S/C14H15ClN4O/c1-9(10-3-2-6-17-8-10)18-14(20)12-7-11(15)4-5-13(12)19-16/h2-9,19H,16H2,1H3,(H,18,20). The fourth-order valence-corrected chi connectivity index (χ4v) is 1.99. The van der Waals surface area contributed by atoms with Crippen molar-refractivity contribution >= 4 is 23.2 Å². The lowest BCUT2D eigenvalue weighted by molar-refractivity contribution is 0.0940. The third kappa shape index (κ3) is 3.26. The minimum absolute atomic E-state index is 0.166. The summed E-state index contributed by atoms with van der Waals surface area (Å²) < 4.78 is 0. The lowest BCUT2D eigenvalue weighted by atomic mass is 10.1. The van der Waals surface area contributed by atoms with Crippen molar-refractivity contribution in [2.24, 2.45) is 5.84 Å². The number of amides is 1. The van der Waals surface area contributed by atoms with Crippen LogP contribution < -0.4 is 16.6 Å². The summed E-state index contributed by atoms with van der Waals surface area (Å²) in [7, 11) is 0. The maximum atomic E-state index is 12.3. The first-order valence-electron chi connectivity index (χ1n) is 6.08. The van der Waals surface area contributed by atoms with Gasteiger partial charge in [-0.3, -0.25) is 15.6 Å². The zero-order chi connectivity index (χ0) is 14.5. The van der Waals surface area contributed by atoms with Gasteiger partial charge in [0.05, 0.1) is 17.3 Å². The number of benzene rings is 1. The summed E-state index contributed by atoms with van der Waals surface area (Å²) in [6.45, 7) is 1.88. The summed E-state index contributed by atoms with van der Waals surface area (Å²) in [5.74, 6) is 5.14. The van der Waals surface area contributed by atoms with Crippen molar-refractivity contribution in [3.63, 3.8) is 0 Å². The van der Waals surface area contributed by atoms with Crippen LogP contribution in [0.3, 0.4) is 0 Å². The molecule has 1 unspecified atom stereocenters. The first kappa shape index (κ1) is 14.3. The van der Waals surface area contributed by atoms with E-state index in [4.69, 9.17) is 17.4 Å². The Morgan fingerprint density at radius 2 is 2.20 bits per heavy atom. The molecule has 0 aliphatic carbocycles. The van der Waals surface area contributed by atoms with Crippen LogP contribution >= 0.6 is 11.6 Å². The maximum Gasteiger partial charge on any atom is 0.253 e. The fourth-order valence-electron chi connectivity index (χ4n) is 1.82. The zero-order valence-electron chi connectivity index (χ0n) is 10.9. The summed E-state index contributed by atoms with van der Waals surface area (Å²) in [5.41, 5.74) is 4.32. The highest BCUT2D eigenvalue weighted by Gasteiger charge is 2.15. The quantitative estimate of drug-likeness (QED) is 0.597. The molecule has 1 amide bonds. The minimum atomic E-state index is -0.253. The molecule has 4 N–H and O–H groups in total. The van der Waals surface area contributed by atoms with Crippen molar-refractivity contribution in [2.75, 3.05) is 5.43 Å². The molecule has 0 fully saturated rings. The number of anilines is 1. The van der Waals surface area contributed by atoms with Crippen molar-refractivity contribution in [3.05, 3.63) is 58.9 Å². The molecule has 0 aliphatic heterocycles. The Bertz CT molecular complexity index is 603. The number of nitrogens with two attached hydrogens (primary N) is 1. The van der Waals surface area contributed by atoms with Crippen LogP contribution in [0.15, 0.2) is 42.7 Å². The number of aromatic nitrogens is 1. The number of hydrogen-bond acceptors (Lipinski definition) is 4. The lowest BCUT2D eigenvalue weighted by Crippen LogP contribution is -2.28. The maximum absolute atomic E-state index is 12.3. The second kappa shape index (κ2) is 6.36. The third-order valence-electron chi connectivity index (χ3n) is 2.91. The van der Waals surface area contributed by atoms with E-state index in [-0.39, 0.29) is 11.9 Å². The number of carbonyl (C=O) groups excluding carboxylic acids is 1. The number of hydrazine groups is 1. The average molecular weight is 291 g/mol. The van der Waals surface area contributed by atoms with Crippen molar-refractivity contribution in [3.8, 4) is 0 Å². The number of halogens is 1. The Kier molecular flexibility index (Phi) is 4.55. The fraction of sp³-hybridized carbons (Fsp3) is 0.143. The van der Waals surface area contributed by atoms with Gasteiger partial charge in [-0.25, -0.2) is 0 Å². The molecule has 2 aromatic rings. The van der Waals surface area contributed by atoms with Crippen LogP contribution in [0.5, 0.6) is 0 Å². The molecule has 0 bridgehead atoms. The van der Waals surface area contributed by atoms with E-state index in [0.29, 0.717) is 16.3 Å². The first-order chi connectivity index (χ1) is 9.61. The Labute approximate surface area is 122 Å². The summed E-state index contributed by atoms with van der Waals surface area (Å²) in [6.07, 6.45) is 3.40. The van der Waals surface area contributed by atoms with Gasteiger partial charge < -0.3 is 10.7 Å². The SMILES string of the molecule is CC(NC(=O)c1cc(Cl)ccc1NN)c1cccnc1. The van der Waals surface area contributed by atoms with Crippen LogP contribution in [0.1, 0.15) is 28.9 Å². The molecule has 1 atom stereocenters. The highest BCUT2D eigenvalue weighted by Crippen LogP contribution is 2.21. The van der Waals surface area contributed by atoms with Gasteiger partial charge in [0.15, 0.2) is 0 Å². The summed E-state index contributed by atoms with van der Waals surface area (Å²) in [4.78, 5) is 16.3. The van der Waals surface area contributed by atoms with Gasteiger partial charge >= 0.3 is 0 Å². The minimum Gasteiger partial charge on any atom is -0.345 e. The molecule has 1 aromatic heterocycles. The van der Waals surface area contributed by atoms with Crippen molar-refractivity contribution in [2.45, 2.75) is 13.0 Å². The van der Waals surface area contributed by atoms with E-state index in [1.165, 1.54) is 0 Å². The Hall–Kier alpha value is -2.11. The van der Waals surface area contributed by atoms with Crippen LogP contribution in [0.2, 0.25) is 5.02 Å². The normalized spacial score (nSPS) is 11.8. The number of nitrogens with zero attached hydrogens (tertiary/aromatic N) is 1. The van der Waals surface area contributed by atoms with E-state index in [2.05, 4.69) is 15.7 Å². The van der Waals surface area contributed by atoms with Crippen LogP contribution in [0, 0.1) is 0 Å². The van der Waals surface area contributed by atoms with Gasteiger partial charge in [0, 0.05) is 17.4 Å². The lowest BCUT2D eigenvalue weighted by Gasteiger charge is -2.15. The van der Waals surface area contributed by atoms with Crippen molar-refractivity contribution in [1.82, 2.24) is 10.3 Å². The van der Waals surface area contributed by atoms with Gasteiger partial charge in [-0.2, -0.15) is 0 Å². The summed E-state index contributed by atoms with van der Waals surface area (Å²) in [6, 6.07) is 8.45. The molecule has 5 nitrogen and oxygen atoms in total. The molecule has 1 aromatic carbocycles. The molecule has 0 saturated carbocycles. The van der Waals surface area contributed by atoms with Gasteiger partial charge in [0.1, 0.15) is 0 Å². The molecule has 0 aliphatic rings. The largest absolute Gasteiger partial charge is 0.345 e. The Balaban J connectivity index is 2.18. The number of nitrogen functional groups attached to an aromatic ring is 1. The van der Waals surface area contributed by atoms with Gasteiger partial charge in [-0.15, -0.1) is 0 Å². The smallest absolute Gasteiger partial charge is 0.253 e. The molecule has 0 spiro atoms. The molecular formula is C14H15ClN4O. The second-order valence-corrected chi connectivity index (χ2v) is 4.75. The van der Waals surface area contributed by atoms with Crippen LogP contribution in [0.25, 0.3) is 0 Å². The number of pyridine rings is 1. The van der Waals surface area contributed by atoms with Gasteiger partial charge in [0.2, 0.25) is 0 Å². The molecule has 2 rings (SSSR count). The molecule has 6 heteroatoms. The Morgan fingerprint density at radius 3 is 2.85 bits per heavy atom. The number of nitrogens with one attached hydrogen (secondary N) is 2. The monoisotopic (exact) mass is 290 g/mol. The van der Waals surface area contributed by atoms with Crippen molar-refractivity contribution < 1.29 is 4.79 Å². The van der Waals surface area contributed by atoms with E-state index in [1.807, 2.05) is 19.1 Å². The van der Waals surface area contributed by atoms with E-state index >= 15 is 0 Å². The van der Waals surface area contributed by atoms with Crippen LogP contribution in [-0.2, 0) is 0 Å².